The van der Waals surface area contributed by atoms with Gasteiger partial charge in [0.1, 0.15) is 0 Å². The summed E-state index contributed by atoms with van der Waals surface area (Å²) in [4.78, 5) is 0. The maximum atomic E-state index is 9.34. The van der Waals surface area contributed by atoms with Crippen molar-refractivity contribution < 1.29 is 10.2 Å². The van der Waals surface area contributed by atoms with E-state index in [-0.39, 0.29) is 13.2 Å². The average molecular weight is 241 g/mol. The molecule has 5 nitrogen and oxygen atoms in total. The summed E-state index contributed by atoms with van der Waals surface area (Å²) in [6, 6.07) is 0. The minimum absolute atomic E-state index is 0.0677. The minimum atomic E-state index is -0.596. The predicted molar refractivity (Wildman–Crippen MR) is 66.6 cm³/mol. The van der Waals surface area contributed by atoms with Gasteiger partial charge < -0.3 is 15.5 Å². The Morgan fingerprint density at radius 3 is 2.47 bits per heavy atom. The van der Waals surface area contributed by atoms with Crippen molar-refractivity contribution in [3.63, 3.8) is 0 Å². The lowest BCUT2D eigenvalue weighted by molar-refractivity contribution is 0.0863. The van der Waals surface area contributed by atoms with Crippen LogP contribution in [0.15, 0.2) is 6.20 Å². The topological polar surface area (TPSA) is 70.3 Å². The van der Waals surface area contributed by atoms with Gasteiger partial charge in [-0.05, 0) is 12.8 Å². The summed E-state index contributed by atoms with van der Waals surface area (Å²) in [7, 11) is 1.90. The van der Waals surface area contributed by atoms with E-state index in [1.165, 1.54) is 0 Å². The molecule has 0 radical (unpaired) electrons. The Balaban J connectivity index is 2.71. The van der Waals surface area contributed by atoms with Crippen LogP contribution in [0.1, 0.15) is 31.5 Å². The van der Waals surface area contributed by atoms with Gasteiger partial charge in [0.15, 0.2) is 0 Å². The van der Waals surface area contributed by atoms with E-state index in [4.69, 9.17) is 0 Å². The fourth-order valence-electron chi connectivity index (χ4n) is 1.82. The highest BCUT2D eigenvalue weighted by Crippen LogP contribution is 2.12. The highest BCUT2D eigenvalue weighted by Gasteiger charge is 2.26. The van der Waals surface area contributed by atoms with Gasteiger partial charge in [0.05, 0.1) is 24.4 Å². The third-order valence-corrected chi connectivity index (χ3v) is 3.26. The van der Waals surface area contributed by atoms with Crippen molar-refractivity contribution in [3.8, 4) is 0 Å². The Morgan fingerprint density at radius 2 is 2.00 bits per heavy atom. The molecular weight excluding hydrogens is 218 g/mol. The fraction of sp³-hybridized carbons (Fsp3) is 0.750. The maximum Gasteiger partial charge on any atom is 0.0666 e. The normalized spacial score (nSPS) is 12.1. The predicted octanol–water partition coefficient (Wildman–Crippen LogP) is 0.205. The summed E-state index contributed by atoms with van der Waals surface area (Å²) in [6.45, 7) is 4.50. The summed E-state index contributed by atoms with van der Waals surface area (Å²) >= 11 is 0. The molecule has 0 saturated carbocycles. The number of aliphatic hydroxyl groups is 2. The number of aryl methyl sites for hydroxylation is 2. The first-order chi connectivity index (χ1) is 8.10. The number of hydrogen-bond acceptors (Lipinski definition) is 4. The van der Waals surface area contributed by atoms with Crippen molar-refractivity contribution >= 4 is 0 Å². The molecule has 0 aliphatic heterocycles. The second kappa shape index (κ2) is 6.14. The minimum Gasteiger partial charge on any atom is -0.394 e. The number of hydrogen-bond donors (Lipinski definition) is 3. The average Bonchev–Trinajstić information content (AvgIpc) is 2.72. The van der Waals surface area contributed by atoms with E-state index in [9.17, 15) is 10.2 Å². The molecule has 0 fully saturated rings. The van der Waals surface area contributed by atoms with Crippen LogP contribution in [-0.4, -0.2) is 38.7 Å². The molecule has 1 aromatic rings. The van der Waals surface area contributed by atoms with Gasteiger partial charge in [-0.3, -0.25) is 4.68 Å². The van der Waals surface area contributed by atoms with Crippen LogP contribution in [0.3, 0.4) is 0 Å². The van der Waals surface area contributed by atoms with Crippen molar-refractivity contribution in [2.24, 2.45) is 7.05 Å². The van der Waals surface area contributed by atoms with Crippen LogP contribution in [0.25, 0.3) is 0 Å². The van der Waals surface area contributed by atoms with Gasteiger partial charge in [-0.15, -0.1) is 0 Å². The summed E-state index contributed by atoms with van der Waals surface area (Å²) in [5.41, 5.74) is 1.58. The van der Waals surface area contributed by atoms with Gasteiger partial charge in [-0.2, -0.15) is 5.10 Å². The SMILES string of the molecule is CCc1nn(C)cc1CNC(CC)(CO)CO. The third-order valence-electron chi connectivity index (χ3n) is 3.26. The number of aliphatic hydroxyl groups excluding tert-OH is 2. The Labute approximate surface area is 102 Å². The number of aromatic nitrogens is 2. The molecule has 1 aromatic heterocycles. The zero-order valence-corrected chi connectivity index (χ0v) is 10.9. The molecule has 98 valence electrons. The second-order valence-corrected chi connectivity index (χ2v) is 4.43. The molecule has 0 spiro atoms. The number of nitrogens with zero attached hydrogens (tertiary/aromatic N) is 2. The van der Waals surface area contributed by atoms with Crippen LogP contribution in [0, 0.1) is 0 Å². The lowest BCUT2D eigenvalue weighted by Crippen LogP contribution is -2.50. The fourth-order valence-corrected chi connectivity index (χ4v) is 1.82. The Morgan fingerprint density at radius 1 is 1.35 bits per heavy atom. The molecule has 1 rings (SSSR count). The molecular formula is C12H23N3O2. The smallest absolute Gasteiger partial charge is 0.0666 e. The second-order valence-electron chi connectivity index (χ2n) is 4.43. The van der Waals surface area contributed by atoms with Gasteiger partial charge in [0.25, 0.3) is 0 Å². The van der Waals surface area contributed by atoms with Crippen molar-refractivity contribution in [2.75, 3.05) is 13.2 Å². The first-order valence-corrected chi connectivity index (χ1v) is 6.09. The lowest BCUT2D eigenvalue weighted by atomic mass is 9.98. The van der Waals surface area contributed by atoms with Crippen LogP contribution < -0.4 is 5.32 Å². The monoisotopic (exact) mass is 241 g/mol. The summed E-state index contributed by atoms with van der Waals surface area (Å²) in [6.07, 6.45) is 3.54. The Kier molecular flexibility index (Phi) is 5.11. The van der Waals surface area contributed by atoms with Crippen molar-refractivity contribution in [3.05, 3.63) is 17.5 Å². The molecule has 0 aliphatic carbocycles. The van der Waals surface area contributed by atoms with E-state index in [0.29, 0.717) is 13.0 Å². The highest BCUT2D eigenvalue weighted by atomic mass is 16.3. The van der Waals surface area contributed by atoms with Gasteiger partial charge in [-0.25, -0.2) is 0 Å². The summed E-state index contributed by atoms with van der Waals surface area (Å²) in [5, 5.41) is 26.3. The van der Waals surface area contributed by atoms with Gasteiger partial charge in [0.2, 0.25) is 0 Å². The van der Waals surface area contributed by atoms with Crippen LogP contribution >= 0.6 is 0 Å². The van der Waals surface area contributed by atoms with Crippen molar-refractivity contribution in [1.82, 2.24) is 15.1 Å². The summed E-state index contributed by atoms with van der Waals surface area (Å²) in [5.74, 6) is 0. The van der Waals surface area contributed by atoms with Crippen LogP contribution in [0.5, 0.6) is 0 Å². The molecule has 0 atom stereocenters. The van der Waals surface area contributed by atoms with E-state index in [1.807, 2.05) is 20.2 Å². The van der Waals surface area contributed by atoms with Gasteiger partial charge >= 0.3 is 0 Å². The van der Waals surface area contributed by atoms with Crippen LogP contribution in [0.4, 0.5) is 0 Å². The number of rotatable bonds is 7. The van der Waals surface area contributed by atoms with Gasteiger partial charge in [0, 0.05) is 25.4 Å². The Bertz CT molecular complexity index is 337. The van der Waals surface area contributed by atoms with Crippen molar-refractivity contribution in [2.45, 2.75) is 38.8 Å². The Hall–Kier alpha value is -0.910. The molecule has 3 N–H and O–H groups in total. The highest BCUT2D eigenvalue weighted by molar-refractivity contribution is 5.17. The van der Waals surface area contributed by atoms with Crippen LogP contribution in [0.2, 0.25) is 0 Å². The number of nitrogens with one attached hydrogen (secondary N) is 1. The van der Waals surface area contributed by atoms with Gasteiger partial charge in [-0.1, -0.05) is 13.8 Å². The standard InChI is InChI=1S/C12H23N3O2/c1-4-11-10(7-15(3)14-11)6-13-12(5-2,8-16)9-17/h7,13,16-17H,4-6,8-9H2,1-3H3. The molecule has 0 bridgehead atoms. The summed E-state index contributed by atoms with van der Waals surface area (Å²) < 4.78 is 1.79. The molecule has 1 heterocycles. The maximum absolute atomic E-state index is 9.34. The molecule has 0 unspecified atom stereocenters. The molecule has 5 heteroatoms. The molecule has 0 aliphatic rings. The largest absolute Gasteiger partial charge is 0.394 e. The van der Waals surface area contributed by atoms with E-state index >= 15 is 0 Å². The molecule has 0 aromatic carbocycles. The molecule has 17 heavy (non-hydrogen) atoms. The molecule has 0 saturated heterocycles. The molecule has 0 amide bonds. The zero-order valence-electron chi connectivity index (χ0n) is 10.9. The van der Waals surface area contributed by atoms with Crippen molar-refractivity contribution in [1.29, 1.82) is 0 Å². The lowest BCUT2D eigenvalue weighted by Gasteiger charge is -2.29. The first-order valence-electron chi connectivity index (χ1n) is 6.09. The first kappa shape index (κ1) is 14.2. The van der Waals surface area contributed by atoms with E-state index < -0.39 is 5.54 Å². The van der Waals surface area contributed by atoms with E-state index in [0.717, 1.165) is 17.7 Å². The van der Waals surface area contributed by atoms with E-state index in [2.05, 4.69) is 17.3 Å². The third kappa shape index (κ3) is 3.28. The zero-order chi connectivity index (χ0) is 12.9. The van der Waals surface area contributed by atoms with E-state index in [1.54, 1.807) is 4.68 Å². The van der Waals surface area contributed by atoms with Crippen LogP contribution in [-0.2, 0) is 20.0 Å². The quantitative estimate of drug-likeness (QED) is 0.638.